The number of H-pyrrole nitrogens is 1. The van der Waals surface area contributed by atoms with Crippen LogP contribution in [0.5, 0.6) is 0 Å². The molecule has 4 heterocycles. The summed E-state index contributed by atoms with van der Waals surface area (Å²) in [6, 6.07) is 3.53. The summed E-state index contributed by atoms with van der Waals surface area (Å²) >= 11 is 0. The molecular weight excluding hydrogens is 346 g/mol. The molecule has 5 rings (SSSR count). The van der Waals surface area contributed by atoms with Crippen molar-refractivity contribution in [3.8, 4) is 0 Å². The van der Waals surface area contributed by atoms with Gasteiger partial charge in [0.1, 0.15) is 34.8 Å². The molecule has 1 aliphatic heterocycles. The number of rotatable bonds is 2. The molecule has 1 saturated carbocycles. The van der Waals surface area contributed by atoms with Crippen molar-refractivity contribution >= 4 is 28.4 Å². The van der Waals surface area contributed by atoms with Gasteiger partial charge in [0, 0.05) is 6.20 Å². The van der Waals surface area contributed by atoms with Crippen molar-refractivity contribution in [2.45, 2.75) is 38.3 Å². The molecule has 2 aliphatic rings. The number of fused-ring (bicyclic) bond motifs is 2. The lowest BCUT2D eigenvalue weighted by molar-refractivity contribution is 0.0868. The van der Waals surface area contributed by atoms with Crippen LogP contribution >= 0.6 is 0 Å². The molecule has 3 aromatic rings. The molecule has 0 atom stereocenters. The topological polar surface area (TPSA) is 117 Å². The van der Waals surface area contributed by atoms with Crippen molar-refractivity contribution in [3.63, 3.8) is 0 Å². The van der Waals surface area contributed by atoms with Crippen LogP contribution in [-0.2, 0) is 0 Å². The average Bonchev–Trinajstić information content (AvgIpc) is 3.29. The Morgan fingerprint density at radius 1 is 1.22 bits per heavy atom. The monoisotopic (exact) mass is 365 g/mol. The van der Waals surface area contributed by atoms with Crippen LogP contribution in [0.1, 0.15) is 41.7 Å². The zero-order chi connectivity index (χ0) is 18.6. The van der Waals surface area contributed by atoms with Crippen molar-refractivity contribution < 1.29 is 4.79 Å². The zero-order valence-electron chi connectivity index (χ0n) is 14.8. The Hall–Kier alpha value is -3.36. The van der Waals surface area contributed by atoms with Gasteiger partial charge in [0.05, 0.1) is 5.39 Å². The highest BCUT2D eigenvalue weighted by atomic mass is 16.2. The van der Waals surface area contributed by atoms with Crippen molar-refractivity contribution in [1.29, 1.82) is 0 Å². The highest BCUT2D eigenvalue weighted by Crippen LogP contribution is 2.31. The number of aromatic nitrogens is 4. The molecule has 0 bridgehead atoms. The summed E-state index contributed by atoms with van der Waals surface area (Å²) in [6.45, 7) is 1.82. The zero-order valence-corrected chi connectivity index (χ0v) is 14.8. The van der Waals surface area contributed by atoms with Crippen molar-refractivity contribution in [1.82, 2.24) is 24.9 Å². The van der Waals surface area contributed by atoms with Crippen LogP contribution in [0.3, 0.4) is 0 Å². The van der Waals surface area contributed by atoms with E-state index in [1.165, 1.54) is 11.0 Å². The number of nitrogens with one attached hydrogen (secondary N) is 4. The van der Waals surface area contributed by atoms with Gasteiger partial charge in [-0.3, -0.25) is 15.0 Å². The maximum Gasteiger partial charge on any atom is 0.293 e. The molecule has 3 aromatic heterocycles. The molecule has 138 valence electrons. The van der Waals surface area contributed by atoms with Gasteiger partial charge in [0.25, 0.3) is 11.5 Å². The first kappa shape index (κ1) is 15.9. The van der Waals surface area contributed by atoms with Gasteiger partial charge < -0.3 is 15.6 Å². The lowest BCUT2D eigenvalue weighted by Gasteiger charge is -2.38. The summed E-state index contributed by atoms with van der Waals surface area (Å²) < 4.78 is 1.39. The van der Waals surface area contributed by atoms with Crippen LogP contribution in [0.15, 0.2) is 29.5 Å². The SMILES string of the molecule is Cc1cc(Nc2ncnc3[nH]ccc23)c(=O)n2c1C(=O)NC1(CCCC1)N2. The van der Waals surface area contributed by atoms with Crippen LogP contribution in [0.25, 0.3) is 11.0 Å². The molecule has 27 heavy (non-hydrogen) atoms. The van der Waals surface area contributed by atoms with E-state index < -0.39 is 5.66 Å². The second-order valence-electron chi connectivity index (χ2n) is 7.17. The van der Waals surface area contributed by atoms with E-state index in [-0.39, 0.29) is 11.5 Å². The number of carbonyl (C=O) groups is 1. The Balaban J connectivity index is 1.61. The van der Waals surface area contributed by atoms with Crippen molar-refractivity contribution in [2.75, 3.05) is 10.7 Å². The van der Waals surface area contributed by atoms with Gasteiger partial charge in [-0.25, -0.2) is 14.6 Å². The second kappa shape index (κ2) is 5.57. The lowest BCUT2D eigenvalue weighted by Crippen LogP contribution is -2.62. The van der Waals surface area contributed by atoms with Crippen molar-refractivity contribution in [3.05, 3.63) is 46.3 Å². The van der Waals surface area contributed by atoms with E-state index in [2.05, 4.69) is 31.0 Å². The molecule has 1 fully saturated rings. The Morgan fingerprint density at radius 3 is 2.85 bits per heavy atom. The molecule has 9 heteroatoms. The largest absolute Gasteiger partial charge is 0.346 e. The molecule has 1 amide bonds. The normalized spacial score (nSPS) is 17.6. The van der Waals surface area contributed by atoms with E-state index in [9.17, 15) is 9.59 Å². The third-order valence-corrected chi connectivity index (χ3v) is 5.35. The fraction of sp³-hybridized carbons (Fsp3) is 0.333. The van der Waals surface area contributed by atoms with Crippen LogP contribution in [0.4, 0.5) is 11.5 Å². The number of aromatic amines is 1. The van der Waals surface area contributed by atoms with E-state index in [0.717, 1.165) is 31.1 Å². The maximum atomic E-state index is 13.1. The van der Waals surface area contributed by atoms with E-state index in [1.807, 2.05) is 13.0 Å². The summed E-state index contributed by atoms with van der Waals surface area (Å²) in [6.07, 6.45) is 6.84. The summed E-state index contributed by atoms with van der Waals surface area (Å²) in [5.41, 5.74) is 4.50. The first-order valence-electron chi connectivity index (χ1n) is 8.99. The number of aryl methyl sites for hydroxylation is 1. The van der Waals surface area contributed by atoms with Crippen LogP contribution in [-0.4, -0.2) is 31.2 Å². The van der Waals surface area contributed by atoms with Gasteiger partial charge in [0.15, 0.2) is 0 Å². The van der Waals surface area contributed by atoms with Crippen molar-refractivity contribution in [2.24, 2.45) is 0 Å². The number of anilines is 2. The molecule has 0 saturated heterocycles. The Labute approximate surface area is 154 Å². The Morgan fingerprint density at radius 2 is 2.04 bits per heavy atom. The van der Waals surface area contributed by atoms with E-state index in [1.54, 1.807) is 12.3 Å². The second-order valence-corrected chi connectivity index (χ2v) is 7.17. The standard InChI is InChI=1S/C18H19N7O2/c1-10-8-12(22-15-11-4-7-19-14(11)20-9-21-15)17(27)25-13(10)16(26)23-18(24-25)5-2-3-6-18/h4,7-9,24H,2-3,5-6H2,1H3,(H,23,26)(H2,19,20,21,22). The van der Waals surface area contributed by atoms with E-state index in [4.69, 9.17) is 0 Å². The fourth-order valence-electron chi connectivity index (χ4n) is 4.06. The molecule has 1 aliphatic carbocycles. The average molecular weight is 365 g/mol. The minimum absolute atomic E-state index is 0.216. The predicted molar refractivity (Wildman–Crippen MR) is 101 cm³/mol. The number of pyridine rings is 1. The minimum Gasteiger partial charge on any atom is -0.346 e. The predicted octanol–water partition coefficient (Wildman–Crippen LogP) is 1.73. The number of hydrogen-bond donors (Lipinski definition) is 4. The fourth-order valence-corrected chi connectivity index (χ4v) is 4.06. The van der Waals surface area contributed by atoms with Crippen LogP contribution in [0.2, 0.25) is 0 Å². The summed E-state index contributed by atoms with van der Waals surface area (Å²) in [4.78, 5) is 37.2. The quantitative estimate of drug-likeness (QED) is 0.549. The van der Waals surface area contributed by atoms with Gasteiger partial charge in [-0.15, -0.1) is 0 Å². The number of nitrogens with zero attached hydrogens (tertiary/aromatic N) is 3. The van der Waals surface area contributed by atoms with E-state index in [0.29, 0.717) is 28.4 Å². The molecule has 0 radical (unpaired) electrons. The third-order valence-electron chi connectivity index (χ3n) is 5.35. The number of amides is 1. The maximum absolute atomic E-state index is 13.1. The lowest BCUT2D eigenvalue weighted by atomic mass is 10.1. The number of hydrogen-bond acceptors (Lipinski definition) is 6. The molecule has 0 unspecified atom stereocenters. The van der Waals surface area contributed by atoms with Gasteiger partial charge in [0.2, 0.25) is 0 Å². The highest BCUT2D eigenvalue weighted by Gasteiger charge is 2.41. The van der Waals surface area contributed by atoms with E-state index >= 15 is 0 Å². The summed E-state index contributed by atoms with van der Waals surface area (Å²) in [5, 5.41) is 6.95. The molecule has 1 spiro atoms. The molecule has 9 nitrogen and oxygen atoms in total. The first-order valence-corrected chi connectivity index (χ1v) is 8.99. The number of carbonyl (C=O) groups excluding carboxylic acids is 1. The highest BCUT2D eigenvalue weighted by molar-refractivity contribution is 5.96. The smallest absolute Gasteiger partial charge is 0.293 e. The van der Waals surface area contributed by atoms with Gasteiger partial charge >= 0.3 is 0 Å². The van der Waals surface area contributed by atoms with Gasteiger partial charge in [-0.2, -0.15) is 0 Å². The Bertz CT molecular complexity index is 1120. The Kier molecular flexibility index (Phi) is 3.27. The summed E-state index contributed by atoms with van der Waals surface area (Å²) in [5.74, 6) is 0.320. The first-order chi connectivity index (χ1) is 13.1. The molecular formula is C18H19N7O2. The third kappa shape index (κ3) is 2.38. The minimum atomic E-state index is -0.540. The van der Waals surface area contributed by atoms with Crippen LogP contribution in [0, 0.1) is 6.92 Å². The summed E-state index contributed by atoms with van der Waals surface area (Å²) in [7, 11) is 0. The molecule has 0 aromatic carbocycles. The van der Waals surface area contributed by atoms with Gasteiger partial charge in [-0.1, -0.05) is 0 Å². The van der Waals surface area contributed by atoms with Crippen LogP contribution < -0.4 is 21.6 Å². The van der Waals surface area contributed by atoms with Gasteiger partial charge in [-0.05, 0) is 50.3 Å². The molecule has 4 N–H and O–H groups in total.